The van der Waals surface area contributed by atoms with Crippen LogP contribution in [0.2, 0.25) is 0 Å². The number of rotatable bonds is 10. The van der Waals surface area contributed by atoms with Crippen LogP contribution in [0.3, 0.4) is 0 Å². The van der Waals surface area contributed by atoms with E-state index in [1.807, 2.05) is 0 Å². The van der Waals surface area contributed by atoms with Crippen molar-refractivity contribution >= 4 is 0 Å². The zero-order valence-electron chi connectivity index (χ0n) is 15.4. The molecular formula is C17H31N3O6. The highest BCUT2D eigenvalue weighted by molar-refractivity contribution is 4.92. The van der Waals surface area contributed by atoms with Gasteiger partial charge in [-0.2, -0.15) is 0 Å². The number of aromatic nitrogens is 3. The summed E-state index contributed by atoms with van der Waals surface area (Å²) in [5.74, 6) is 0.552. The molecule has 1 aromatic rings. The molecule has 1 aliphatic heterocycles. The van der Waals surface area contributed by atoms with Crippen molar-refractivity contribution in [3.63, 3.8) is 0 Å². The smallest absolute Gasteiger partial charge is 0.187 e. The van der Waals surface area contributed by atoms with Crippen LogP contribution >= 0.6 is 0 Å². The Morgan fingerprint density at radius 3 is 2.65 bits per heavy atom. The van der Waals surface area contributed by atoms with E-state index in [0.717, 1.165) is 19.4 Å². The number of hydrogen-bond acceptors (Lipinski definition) is 8. The lowest BCUT2D eigenvalue weighted by atomic mass is 9.99. The van der Waals surface area contributed by atoms with E-state index in [2.05, 4.69) is 24.2 Å². The molecule has 0 aromatic carbocycles. The van der Waals surface area contributed by atoms with Gasteiger partial charge in [0.25, 0.3) is 0 Å². The summed E-state index contributed by atoms with van der Waals surface area (Å²) in [6, 6.07) is 0. The van der Waals surface area contributed by atoms with Crippen molar-refractivity contribution in [2.75, 3.05) is 6.61 Å². The molecule has 1 fully saturated rings. The molecular weight excluding hydrogens is 342 g/mol. The molecule has 0 bridgehead atoms. The monoisotopic (exact) mass is 373 g/mol. The summed E-state index contributed by atoms with van der Waals surface area (Å²) in [6.07, 6.45) is -0.0244. The molecule has 2 heterocycles. The number of nitrogens with zero attached hydrogens (tertiary/aromatic N) is 3. The van der Waals surface area contributed by atoms with Gasteiger partial charge in [-0.25, -0.2) is 0 Å². The largest absolute Gasteiger partial charge is 0.394 e. The first-order chi connectivity index (χ1) is 12.5. The van der Waals surface area contributed by atoms with Crippen molar-refractivity contribution < 1.29 is 29.9 Å². The summed E-state index contributed by atoms with van der Waals surface area (Å²) in [7, 11) is 0. The van der Waals surface area contributed by atoms with E-state index >= 15 is 0 Å². The Morgan fingerprint density at radius 2 is 2.00 bits per heavy atom. The minimum absolute atomic E-state index is 0.0362. The van der Waals surface area contributed by atoms with Crippen molar-refractivity contribution in [3.8, 4) is 0 Å². The Hall–Kier alpha value is -1.10. The maximum atomic E-state index is 9.95. The summed E-state index contributed by atoms with van der Waals surface area (Å²) in [4.78, 5) is 0. The molecule has 26 heavy (non-hydrogen) atoms. The molecule has 1 unspecified atom stereocenters. The fourth-order valence-electron chi connectivity index (χ4n) is 3.05. The van der Waals surface area contributed by atoms with Gasteiger partial charge in [0.2, 0.25) is 0 Å². The number of ether oxygens (including phenoxy) is 2. The van der Waals surface area contributed by atoms with Gasteiger partial charge >= 0.3 is 0 Å². The van der Waals surface area contributed by atoms with Gasteiger partial charge in [-0.1, -0.05) is 38.3 Å². The predicted octanol–water partition coefficient (Wildman–Crippen LogP) is -0.189. The lowest BCUT2D eigenvalue weighted by Crippen LogP contribution is -2.59. The van der Waals surface area contributed by atoms with Crippen LogP contribution in [0, 0.1) is 5.92 Å². The second-order valence-electron chi connectivity index (χ2n) is 6.86. The van der Waals surface area contributed by atoms with E-state index in [9.17, 15) is 20.4 Å². The van der Waals surface area contributed by atoms with Gasteiger partial charge in [0.15, 0.2) is 6.29 Å². The number of hydrogen-bond donors (Lipinski definition) is 4. The highest BCUT2D eigenvalue weighted by Gasteiger charge is 2.44. The highest BCUT2D eigenvalue weighted by Crippen LogP contribution is 2.22. The molecule has 0 spiro atoms. The third kappa shape index (κ3) is 5.45. The van der Waals surface area contributed by atoms with Crippen LogP contribution in [0.5, 0.6) is 0 Å². The van der Waals surface area contributed by atoms with Gasteiger partial charge in [0, 0.05) is 6.54 Å². The molecule has 0 aliphatic carbocycles. The Bertz CT molecular complexity index is 526. The number of aliphatic hydroxyl groups excluding tert-OH is 4. The quantitative estimate of drug-likeness (QED) is 0.444. The first-order valence-corrected chi connectivity index (χ1v) is 9.31. The second kappa shape index (κ2) is 10.3. The molecule has 9 nitrogen and oxygen atoms in total. The molecule has 6 atom stereocenters. The van der Waals surface area contributed by atoms with Crippen molar-refractivity contribution in [2.24, 2.45) is 5.92 Å². The molecule has 1 aliphatic rings. The first kappa shape index (κ1) is 21.2. The minimum Gasteiger partial charge on any atom is -0.394 e. The van der Waals surface area contributed by atoms with E-state index in [1.165, 1.54) is 12.8 Å². The van der Waals surface area contributed by atoms with Crippen LogP contribution in [0.25, 0.3) is 0 Å². The Kier molecular flexibility index (Phi) is 8.39. The summed E-state index contributed by atoms with van der Waals surface area (Å²) in [6.45, 7) is 4.69. The van der Waals surface area contributed by atoms with Crippen LogP contribution in [-0.4, -0.2) is 72.7 Å². The maximum absolute atomic E-state index is 9.95. The summed E-state index contributed by atoms with van der Waals surface area (Å²) in [5.41, 5.74) is 0.576. The normalized spacial score (nSPS) is 30.5. The summed E-state index contributed by atoms with van der Waals surface area (Å²) < 4.78 is 12.6. The van der Waals surface area contributed by atoms with Gasteiger partial charge in [0.05, 0.1) is 19.4 Å². The van der Waals surface area contributed by atoms with Crippen molar-refractivity contribution in [1.82, 2.24) is 15.0 Å². The van der Waals surface area contributed by atoms with E-state index < -0.39 is 37.3 Å². The van der Waals surface area contributed by atoms with Crippen LogP contribution in [0.15, 0.2) is 6.20 Å². The average Bonchev–Trinajstić information content (AvgIpc) is 3.10. The molecule has 4 N–H and O–H groups in total. The maximum Gasteiger partial charge on any atom is 0.187 e. The molecule has 1 saturated heterocycles. The van der Waals surface area contributed by atoms with Crippen LogP contribution < -0.4 is 0 Å². The van der Waals surface area contributed by atoms with Crippen LogP contribution in [-0.2, 0) is 22.6 Å². The van der Waals surface area contributed by atoms with Crippen LogP contribution in [0.4, 0.5) is 0 Å². The lowest BCUT2D eigenvalue weighted by molar-refractivity contribution is -0.304. The van der Waals surface area contributed by atoms with Gasteiger partial charge in [-0.3, -0.25) is 4.68 Å². The van der Waals surface area contributed by atoms with Crippen molar-refractivity contribution in [1.29, 1.82) is 0 Å². The van der Waals surface area contributed by atoms with E-state index in [-0.39, 0.29) is 6.61 Å². The second-order valence-corrected chi connectivity index (χ2v) is 6.86. The minimum atomic E-state index is -1.45. The standard InChI is InChI=1S/C17H31N3O6/c1-3-5-6-11(4-2)7-20-8-12(18-19-20)10-25-17-16(24)15(23)14(22)13(9-21)26-17/h8,11,13-17,21-24H,3-7,9-10H2,1-2H3/t11?,13-,14-,15+,16-,17+/m1/s1. The van der Waals surface area contributed by atoms with Gasteiger partial charge < -0.3 is 29.9 Å². The third-order valence-electron chi connectivity index (χ3n) is 4.82. The molecule has 1 aromatic heterocycles. The van der Waals surface area contributed by atoms with E-state index in [0.29, 0.717) is 11.6 Å². The van der Waals surface area contributed by atoms with Crippen LogP contribution in [0.1, 0.15) is 45.2 Å². The Labute approximate surface area is 153 Å². The molecule has 0 radical (unpaired) electrons. The predicted molar refractivity (Wildman–Crippen MR) is 91.9 cm³/mol. The number of unbranched alkanes of at least 4 members (excludes halogenated alkanes) is 1. The summed E-state index contributed by atoms with van der Waals surface area (Å²) in [5, 5.41) is 46.8. The fraction of sp³-hybridized carbons (Fsp3) is 0.882. The third-order valence-corrected chi connectivity index (χ3v) is 4.82. The molecule has 0 saturated carbocycles. The molecule has 150 valence electrons. The van der Waals surface area contributed by atoms with E-state index in [1.54, 1.807) is 10.9 Å². The van der Waals surface area contributed by atoms with Gasteiger partial charge in [-0.05, 0) is 12.3 Å². The summed E-state index contributed by atoms with van der Waals surface area (Å²) >= 11 is 0. The van der Waals surface area contributed by atoms with Crippen molar-refractivity contribution in [3.05, 3.63) is 11.9 Å². The molecule has 2 rings (SSSR count). The fourth-order valence-corrected chi connectivity index (χ4v) is 3.05. The Balaban J connectivity index is 1.87. The number of aliphatic hydroxyl groups is 4. The SMILES string of the molecule is CCCCC(CC)Cn1cc(CO[C@H]2O[C@H](CO)[C@@H](O)[C@H](O)[C@H]2O)nn1. The topological polar surface area (TPSA) is 130 Å². The zero-order valence-corrected chi connectivity index (χ0v) is 15.4. The van der Waals surface area contributed by atoms with Crippen molar-refractivity contribution in [2.45, 2.75) is 83.4 Å². The molecule has 9 heteroatoms. The highest BCUT2D eigenvalue weighted by atomic mass is 16.7. The molecule has 0 amide bonds. The zero-order chi connectivity index (χ0) is 19.1. The van der Waals surface area contributed by atoms with Gasteiger partial charge in [-0.15, -0.1) is 5.10 Å². The van der Waals surface area contributed by atoms with E-state index in [4.69, 9.17) is 9.47 Å². The lowest BCUT2D eigenvalue weighted by Gasteiger charge is -2.39. The first-order valence-electron chi connectivity index (χ1n) is 9.31. The van der Waals surface area contributed by atoms with Gasteiger partial charge in [0.1, 0.15) is 30.1 Å². The Morgan fingerprint density at radius 1 is 1.23 bits per heavy atom. The average molecular weight is 373 g/mol.